The van der Waals surface area contributed by atoms with Gasteiger partial charge in [-0.05, 0) is 64.9 Å². The van der Waals surface area contributed by atoms with Gasteiger partial charge in [0, 0.05) is 23.7 Å². The molecule has 0 unspecified atom stereocenters. The van der Waals surface area contributed by atoms with Crippen LogP contribution in [-0.2, 0) is 6.54 Å². The summed E-state index contributed by atoms with van der Waals surface area (Å²) < 4.78 is 1.93. The molecule has 6 nitrogen and oxygen atoms in total. The SMILES string of the molecule is Cc1cc(C)n(Cc2cc(C(=O)N[C@H](C)CN3CCCC3)c3ccccc3n2)n1. The van der Waals surface area contributed by atoms with E-state index < -0.39 is 0 Å². The fraction of sp³-hybridized carbons (Fsp3) is 0.435. The van der Waals surface area contributed by atoms with Gasteiger partial charge in [0.15, 0.2) is 0 Å². The molecular weight excluding hydrogens is 362 g/mol. The van der Waals surface area contributed by atoms with E-state index in [1.165, 1.54) is 12.8 Å². The number of aryl methyl sites for hydroxylation is 2. The summed E-state index contributed by atoms with van der Waals surface area (Å²) in [4.78, 5) is 20.3. The van der Waals surface area contributed by atoms with E-state index in [-0.39, 0.29) is 11.9 Å². The standard InChI is InChI=1S/C23H29N5O/c1-16-12-18(3)28(26-16)15-19-13-21(20-8-4-5-9-22(20)25-19)23(29)24-17(2)14-27-10-6-7-11-27/h4-5,8-9,12-13,17H,6-7,10-11,14-15H2,1-3H3,(H,24,29)/t17-/m1/s1. The minimum Gasteiger partial charge on any atom is -0.348 e. The first-order chi connectivity index (χ1) is 14.0. The van der Waals surface area contributed by atoms with Crippen LogP contribution in [0.3, 0.4) is 0 Å². The summed E-state index contributed by atoms with van der Waals surface area (Å²) in [5, 5.41) is 8.61. The van der Waals surface area contributed by atoms with Crippen LogP contribution in [0, 0.1) is 13.8 Å². The number of aromatic nitrogens is 3. The van der Waals surface area contributed by atoms with Gasteiger partial charge in [0.25, 0.3) is 5.91 Å². The highest BCUT2D eigenvalue weighted by Gasteiger charge is 2.19. The lowest BCUT2D eigenvalue weighted by Crippen LogP contribution is -2.41. The van der Waals surface area contributed by atoms with E-state index in [0.717, 1.165) is 47.6 Å². The number of carbonyl (C=O) groups is 1. The Morgan fingerprint density at radius 2 is 1.93 bits per heavy atom. The number of likely N-dealkylation sites (tertiary alicyclic amines) is 1. The highest BCUT2D eigenvalue weighted by atomic mass is 16.1. The molecule has 4 rings (SSSR count). The van der Waals surface area contributed by atoms with E-state index in [2.05, 4.69) is 28.3 Å². The molecule has 1 N–H and O–H groups in total. The molecule has 1 saturated heterocycles. The molecule has 29 heavy (non-hydrogen) atoms. The van der Waals surface area contributed by atoms with Crippen molar-refractivity contribution in [1.82, 2.24) is 25.0 Å². The molecule has 0 aliphatic carbocycles. The summed E-state index contributed by atoms with van der Waals surface area (Å²) in [5.74, 6) is -0.0371. The number of carbonyl (C=O) groups excluding carboxylic acids is 1. The second-order valence-electron chi connectivity index (χ2n) is 8.15. The Labute approximate surface area is 171 Å². The van der Waals surface area contributed by atoms with Crippen LogP contribution in [0.5, 0.6) is 0 Å². The predicted molar refractivity (Wildman–Crippen MR) is 115 cm³/mol. The Kier molecular flexibility index (Phi) is 5.62. The number of hydrogen-bond donors (Lipinski definition) is 1. The highest BCUT2D eigenvalue weighted by molar-refractivity contribution is 6.06. The summed E-state index contributed by atoms with van der Waals surface area (Å²) in [6.45, 7) is 9.81. The lowest BCUT2D eigenvalue weighted by atomic mass is 10.1. The molecule has 0 bridgehead atoms. The minimum atomic E-state index is -0.0371. The third kappa shape index (κ3) is 4.48. The normalized spacial score (nSPS) is 15.7. The molecule has 1 aromatic carbocycles. The summed E-state index contributed by atoms with van der Waals surface area (Å²) >= 11 is 0. The molecule has 0 saturated carbocycles. The molecule has 3 heterocycles. The number of para-hydroxylation sites is 1. The zero-order valence-electron chi connectivity index (χ0n) is 17.5. The average Bonchev–Trinajstić information content (AvgIpc) is 3.30. The van der Waals surface area contributed by atoms with Gasteiger partial charge in [-0.2, -0.15) is 5.10 Å². The first-order valence-corrected chi connectivity index (χ1v) is 10.4. The van der Waals surface area contributed by atoms with Crippen molar-refractivity contribution in [3.63, 3.8) is 0 Å². The van der Waals surface area contributed by atoms with Gasteiger partial charge in [-0.15, -0.1) is 0 Å². The lowest BCUT2D eigenvalue weighted by Gasteiger charge is -2.21. The van der Waals surface area contributed by atoms with Gasteiger partial charge in [0.1, 0.15) is 0 Å². The fourth-order valence-electron chi connectivity index (χ4n) is 4.19. The maximum Gasteiger partial charge on any atom is 0.252 e. The summed E-state index contributed by atoms with van der Waals surface area (Å²) in [5.41, 5.74) is 4.43. The summed E-state index contributed by atoms with van der Waals surface area (Å²) in [7, 11) is 0. The molecule has 1 amide bonds. The molecule has 2 aromatic heterocycles. The average molecular weight is 392 g/mol. The van der Waals surface area contributed by atoms with E-state index >= 15 is 0 Å². The number of amides is 1. The van der Waals surface area contributed by atoms with Gasteiger partial charge < -0.3 is 10.2 Å². The molecule has 152 valence electrons. The van der Waals surface area contributed by atoms with Gasteiger partial charge in [0.2, 0.25) is 0 Å². The van der Waals surface area contributed by atoms with Crippen molar-refractivity contribution < 1.29 is 4.79 Å². The lowest BCUT2D eigenvalue weighted by molar-refractivity contribution is 0.0933. The smallest absolute Gasteiger partial charge is 0.252 e. The summed E-state index contributed by atoms with van der Waals surface area (Å²) in [6, 6.07) is 11.9. The van der Waals surface area contributed by atoms with Gasteiger partial charge in [0.05, 0.1) is 29.0 Å². The second kappa shape index (κ2) is 8.33. The second-order valence-corrected chi connectivity index (χ2v) is 8.15. The first-order valence-electron chi connectivity index (χ1n) is 10.4. The van der Waals surface area contributed by atoms with Gasteiger partial charge in [-0.25, -0.2) is 0 Å². The van der Waals surface area contributed by atoms with Crippen molar-refractivity contribution in [1.29, 1.82) is 0 Å². The highest BCUT2D eigenvalue weighted by Crippen LogP contribution is 2.20. The Hall–Kier alpha value is -2.73. The predicted octanol–water partition coefficient (Wildman–Crippen LogP) is 3.31. The van der Waals surface area contributed by atoms with Gasteiger partial charge >= 0.3 is 0 Å². The number of nitrogens with one attached hydrogen (secondary N) is 1. The third-order valence-electron chi connectivity index (χ3n) is 5.54. The van der Waals surface area contributed by atoms with Crippen LogP contribution in [0.15, 0.2) is 36.4 Å². The Balaban J connectivity index is 1.59. The molecule has 1 aliphatic rings. The molecular formula is C23H29N5O. The molecule has 6 heteroatoms. The zero-order valence-corrected chi connectivity index (χ0v) is 17.5. The van der Waals surface area contributed by atoms with Crippen molar-refractivity contribution in [2.75, 3.05) is 19.6 Å². The fourth-order valence-corrected chi connectivity index (χ4v) is 4.19. The molecule has 0 spiro atoms. The molecule has 0 radical (unpaired) electrons. The number of hydrogen-bond acceptors (Lipinski definition) is 4. The van der Waals surface area contributed by atoms with Gasteiger partial charge in [-0.1, -0.05) is 18.2 Å². The van der Waals surface area contributed by atoms with Crippen molar-refractivity contribution >= 4 is 16.8 Å². The number of nitrogens with zero attached hydrogens (tertiary/aromatic N) is 4. The van der Waals surface area contributed by atoms with Crippen LogP contribution >= 0.6 is 0 Å². The Morgan fingerprint density at radius 1 is 1.17 bits per heavy atom. The molecule has 1 fully saturated rings. The van der Waals surface area contributed by atoms with Crippen molar-refractivity contribution in [3.05, 3.63) is 59.0 Å². The van der Waals surface area contributed by atoms with Crippen molar-refractivity contribution in [3.8, 4) is 0 Å². The first kappa shape index (κ1) is 19.6. The van der Waals surface area contributed by atoms with Crippen molar-refractivity contribution in [2.45, 2.75) is 46.2 Å². The molecule has 1 atom stereocenters. The van der Waals surface area contributed by atoms with E-state index in [1.807, 2.05) is 48.9 Å². The number of benzene rings is 1. The van der Waals surface area contributed by atoms with Crippen LogP contribution in [0.1, 0.15) is 47.2 Å². The number of rotatable bonds is 6. The van der Waals surface area contributed by atoms with E-state index in [0.29, 0.717) is 12.1 Å². The topological polar surface area (TPSA) is 63.1 Å². The van der Waals surface area contributed by atoms with E-state index in [4.69, 9.17) is 4.98 Å². The maximum absolute atomic E-state index is 13.1. The van der Waals surface area contributed by atoms with E-state index in [9.17, 15) is 4.79 Å². The minimum absolute atomic E-state index is 0.0371. The van der Waals surface area contributed by atoms with Crippen LogP contribution in [0.25, 0.3) is 10.9 Å². The molecule has 3 aromatic rings. The number of fused-ring (bicyclic) bond motifs is 1. The number of pyridine rings is 1. The Morgan fingerprint density at radius 3 is 2.66 bits per heavy atom. The van der Waals surface area contributed by atoms with Crippen LogP contribution in [-0.4, -0.2) is 51.2 Å². The largest absolute Gasteiger partial charge is 0.348 e. The van der Waals surface area contributed by atoms with Crippen LogP contribution < -0.4 is 5.32 Å². The van der Waals surface area contributed by atoms with Gasteiger partial charge in [-0.3, -0.25) is 14.5 Å². The molecule has 1 aliphatic heterocycles. The summed E-state index contributed by atoms with van der Waals surface area (Å²) in [6.07, 6.45) is 2.51. The maximum atomic E-state index is 13.1. The van der Waals surface area contributed by atoms with Crippen LogP contribution in [0.2, 0.25) is 0 Å². The van der Waals surface area contributed by atoms with Crippen molar-refractivity contribution in [2.24, 2.45) is 0 Å². The van der Waals surface area contributed by atoms with Crippen LogP contribution in [0.4, 0.5) is 0 Å². The monoisotopic (exact) mass is 391 g/mol. The third-order valence-corrected chi connectivity index (χ3v) is 5.54. The quantitative estimate of drug-likeness (QED) is 0.700. The Bertz CT molecular complexity index is 1020. The van der Waals surface area contributed by atoms with E-state index in [1.54, 1.807) is 0 Å². The zero-order chi connectivity index (χ0) is 20.4.